The monoisotopic (exact) mass is 423 g/mol. The van der Waals surface area contributed by atoms with Gasteiger partial charge in [-0.15, -0.1) is 11.3 Å². The number of quaternary nitrogens is 1. The van der Waals surface area contributed by atoms with Crippen LogP contribution in [-0.2, 0) is 11.2 Å². The van der Waals surface area contributed by atoms with Crippen molar-refractivity contribution in [2.24, 2.45) is 0 Å². The lowest BCUT2D eigenvalue weighted by Gasteiger charge is -2.36. The maximum absolute atomic E-state index is 13.2. The van der Waals surface area contributed by atoms with E-state index in [0.29, 0.717) is 22.6 Å². The van der Waals surface area contributed by atoms with Crippen LogP contribution < -0.4 is 5.32 Å². The third kappa shape index (κ3) is 4.19. The zero-order valence-electron chi connectivity index (χ0n) is 15.3. The van der Waals surface area contributed by atoms with Crippen LogP contribution in [0.5, 0.6) is 0 Å². The fraction of sp³-hybridized carbons (Fsp3) is 0.476. The quantitative estimate of drug-likeness (QED) is 0.775. The van der Waals surface area contributed by atoms with Gasteiger partial charge in [-0.2, -0.15) is 0 Å². The molecule has 0 bridgehead atoms. The van der Waals surface area contributed by atoms with Crippen molar-refractivity contribution in [3.8, 4) is 0 Å². The minimum absolute atomic E-state index is 0.114. The summed E-state index contributed by atoms with van der Waals surface area (Å²) in [6, 6.07) is 8.22. The lowest BCUT2D eigenvalue weighted by molar-refractivity contribution is -0.682. The highest BCUT2D eigenvalue weighted by atomic mass is 35.5. The molecule has 6 heteroatoms. The number of thiophene rings is 1. The Hall–Kier alpha value is -1.07. The van der Waals surface area contributed by atoms with Crippen LogP contribution in [0.3, 0.4) is 0 Å². The molecule has 0 saturated heterocycles. The zero-order chi connectivity index (χ0) is 18.8. The van der Waals surface area contributed by atoms with Crippen molar-refractivity contribution in [1.29, 1.82) is 0 Å². The van der Waals surface area contributed by atoms with Crippen molar-refractivity contribution in [1.82, 2.24) is 4.90 Å². The zero-order valence-corrected chi connectivity index (χ0v) is 17.6. The number of amides is 1. The van der Waals surface area contributed by atoms with Gasteiger partial charge in [0.15, 0.2) is 6.54 Å². The molecule has 0 radical (unpaired) electrons. The highest BCUT2D eigenvalue weighted by Crippen LogP contribution is 2.40. The number of carbonyl (C=O) groups is 1. The highest BCUT2D eigenvalue weighted by Gasteiger charge is 2.34. The topological polar surface area (TPSA) is 36.9 Å². The summed E-state index contributed by atoms with van der Waals surface area (Å²) in [5.41, 5.74) is 2.17. The van der Waals surface area contributed by atoms with E-state index in [9.17, 15) is 4.79 Å². The second-order valence-corrected chi connectivity index (χ2v) is 9.39. The summed E-state index contributed by atoms with van der Waals surface area (Å²) < 4.78 is 0. The first-order chi connectivity index (χ1) is 13.1. The van der Waals surface area contributed by atoms with Gasteiger partial charge in [0.05, 0.1) is 12.1 Å². The largest absolute Gasteiger partial charge is 0.336 e. The van der Waals surface area contributed by atoms with Crippen molar-refractivity contribution in [2.75, 3.05) is 13.1 Å². The minimum Gasteiger partial charge on any atom is -0.336 e. The highest BCUT2D eigenvalue weighted by molar-refractivity contribution is 7.10. The van der Waals surface area contributed by atoms with E-state index in [1.807, 2.05) is 17.0 Å². The van der Waals surface area contributed by atoms with E-state index in [0.717, 1.165) is 18.5 Å². The van der Waals surface area contributed by atoms with Crippen molar-refractivity contribution in [2.45, 2.75) is 50.6 Å². The van der Waals surface area contributed by atoms with Gasteiger partial charge in [-0.3, -0.25) is 4.79 Å². The smallest absolute Gasteiger partial charge is 0.278 e. The van der Waals surface area contributed by atoms with Gasteiger partial charge in [0.1, 0.15) is 0 Å². The fourth-order valence-corrected chi connectivity index (χ4v) is 5.81. The molecule has 1 aliphatic heterocycles. The molecule has 144 valence electrons. The molecule has 1 aliphatic carbocycles. The fourth-order valence-electron chi connectivity index (χ4n) is 4.40. The molecular weight excluding hydrogens is 399 g/mol. The maximum atomic E-state index is 13.2. The first-order valence-electron chi connectivity index (χ1n) is 9.77. The average Bonchev–Trinajstić information content (AvgIpc) is 3.15. The molecule has 1 fully saturated rings. The molecule has 1 aromatic heterocycles. The van der Waals surface area contributed by atoms with Gasteiger partial charge in [0.2, 0.25) is 0 Å². The summed E-state index contributed by atoms with van der Waals surface area (Å²) in [5.74, 6) is 0.202. The Labute approximate surface area is 174 Å². The number of nitrogens with two attached hydrogens (primary N) is 1. The number of hydrogen-bond acceptors (Lipinski definition) is 2. The molecule has 0 spiro atoms. The predicted molar refractivity (Wildman–Crippen MR) is 112 cm³/mol. The third-order valence-corrected chi connectivity index (χ3v) is 7.38. The summed E-state index contributed by atoms with van der Waals surface area (Å²) in [6.07, 6.45) is 7.30. The van der Waals surface area contributed by atoms with E-state index in [4.69, 9.17) is 23.2 Å². The molecular formula is C21H25Cl2N2OS+. The Bertz CT molecular complexity index is 816. The van der Waals surface area contributed by atoms with Crippen molar-refractivity contribution in [3.05, 3.63) is 55.7 Å². The van der Waals surface area contributed by atoms with Gasteiger partial charge in [-0.05, 0) is 66.8 Å². The van der Waals surface area contributed by atoms with E-state index >= 15 is 0 Å². The van der Waals surface area contributed by atoms with Gasteiger partial charge < -0.3 is 10.2 Å². The predicted octanol–water partition coefficient (Wildman–Crippen LogP) is 4.43. The summed E-state index contributed by atoms with van der Waals surface area (Å²) in [7, 11) is 0. The molecule has 2 aromatic rings. The Morgan fingerprint density at radius 2 is 1.96 bits per heavy atom. The second kappa shape index (κ2) is 8.52. The van der Waals surface area contributed by atoms with Crippen LogP contribution in [0.15, 0.2) is 29.6 Å². The number of fused-ring (bicyclic) bond motifs is 1. The number of rotatable bonds is 4. The summed E-state index contributed by atoms with van der Waals surface area (Å²) >= 11 is 14.4. The number of carbonyl (C=O) groups excluding carboxylic acids is 1. The lowest BCUT2D eigenvalue weighted by Crippen LogP contribution is -2.92. The van der Waals surface area contributed by atoms with Gasteiger partial charge in [0, 0.05) is 21.5 Å². The molecule has 1 saturated carbocycles. The lowest BCUT2D eigenvalue weighted by atomic mass is 9.93. The summed E-state index contributed by atoms with van der Waals surface area (Å²) in [5, 5.41) is 5.61. The van der Waals surface area contributed by atoms with Crippen LogP contribution in [0.25, 0.3) is 0 Å². The van der Waals surface area contributed by atoms with E-state index < -0.39 is 0 Å². The Balaban J connectivity index is 1.57. The first kappa shape index (κ1) is 19.3. The summed E-state index contributed by atoms with van der Waals surface area (Å²) in [6.45, 7) is 1.26. The number of hydrogen-bond donors (Lipinski definition) is 1. The van der Waals surface area contributed by atoms with Gasteiger partial charge in [0.25, 0.3) is 5.91 Å². The van der Waals surface area contributed by atoms with Crippen LogP contribution in [0, 0.1) is 0 Å². The Kier molecular flexibility index (Phi) is 6.08. The van der Waals surface area contributed by atoms with Crippen molar-refractivity contribution in [3.63, 3.8) is 0 Å². The van der Waals surface area contributed by atoms with E-state index in [2.05, 4.69) is 16.8 Å². The second-order valence-electron chi connectivity index (χ2n) is 7.54. The van der Waals surface area contributed by atoms with Crippen LogP contribution in [0.1, 0.15) is 54.1 Å². The minimum atomic E-state index is -0.114. The molecule has 3 nitrogen and oxygen atoms in total. The number of nitrogens with zero attached hydrogens (tertiary/aromatic N) is 1. The average molecular weight is 424 g/mol. The first-order valence-corrected chi connectivity index (χ1v) is 11.4. The molecule has 4 rings (SSSR count). The third-order valence-electron chi connectivity index (χ3n) is 5.82. The molecule has 2 heterocycles. The van der Waals surface area contributed by atoms with Crippen LogP contribution in [0.2, 0.25) is 10.0 Å². The number of halogens is 2. The Morgan fingerprint density at radius 3 is 2.74 bits per heavy atom. The molecule has 2 N–H and O–H groups in total. The standard InChI is InChI=1S/C21H24Cl2N2OS/c22-14-6-7-16(18(23)12-14)21-17-9-11-27-19(17)8-10-25(21)20(26)13-24-15-4-2-1-3-5-15/h6-7,9,11-12,15,21,24H,1-5,8,10,13H2/p+1/t21-/m1/s1. The van der Waals surface area contributed by atoms with E-state index in [1.54, 1.807) is 17.4 Å². The van der Waals surface area contributed by atoms with Crippen LogP contribution >= 0.6 is 34.5 Å². The van der Waals surface area contributed by atoms with Crippen molar-refractivity contribution < 1.29 is 10.1 Å². The number of benzene rings is 1. The molecule has 1 aromatic carbocycles. The van der Waals surface area contributed by atoms with E-state index in [1.165, 1.54) is 42.5 Å². The molecule has 1 atom stereocenters. The van der Waals surface area contributed by atoms with Crippen LogP contribution in [-0.4, -0.2) is 29.9 Å². The molecule has 2 aliphatic rings. The Morgan fingerprint density at radius 1 is 1.15 bits per heavy atom. The van der Waals surface area contributed by atoms with Gasteiger partial charge in [-0.25, -0.2) is 0 Å². The SMILES string of the molecule is O=C(C[NH2+]C1CCCCC1)N1CCc2sccc2[C@H]1c1ccc(Cl)cc1Cl. The normalized spacial score (nSPS) is 20.5. The van der Waals surface area contributed by atoms with Crippen molar-refractivity contribution >= 4 is 40.4 Å². The summed E-state index contributed by atoms with van der Waals surface area (Å²) in [4.78, 5) is 16.5. The molecule has 27 heavy (non-hydrogen) atoms. The van der Waals surface area contributed by atoms with E-state index in [-0.39, 0.29) is 11.9 Å². The molecule has 0 unspecified atom stereocenters. The maximum Gasteiger partial charge on any atom is 0.278 e. The van der Waals surface area contributed by atoms with Gasteiger partial charge >= 0.3 is 0 Å². The van der Waals surface area contributed by atoms with Gasteiger partial charge in [-0.1, -0.05) is 35.7 Å². The van der Waals surface area contributed by atoms with Crippen LogP contribution in [0.4, 0.5) is 0 Å². The molecule has 1 amide bonds.